The number of nitrogens with two attached hydrogens (primary N) is 1. The molecule has 0 saturated heterocycles. The molecule has 0 aliphatic heterocycles. The highest BCUT2D eigenvalue weighted by Crippen LogP contribution is 2.49. The Kier molecular flexibility index (Phi) is 5.11. The summed E-state index contributed by atoms with van der Waals surface area (Å²) in [6, 6.07) is 6.25. The lowest BCUT2D eigenvalue weighted by molar-refractivity contribution is -0.0155. The molecule has 1 saturated carbocycles. The SMILES string of the molecule is Cc1cccc(C)c1C(O)C1(CN)CCC(C(C)C)CC1. The van der Waals surface area contributed by atoms with E-state index in [1.54, 1.807) is 0 Å². The van der Waals surface area contributed by atoms with E-state index in [1.165, 1.54) is 24.0 Å². The molecule has 0 bridgehead atoms. The van der Waals surface area contributed by atoms with Gasteiger partial charge < -0.3 is 10.8 Å². The third-order valence-corrected chi connectivity index (χ3v) is 5.77. The molecule has 2 heteroatoms. The van der Waals surface area contributed by atoms with E-state index in [0.29, 0.717) is 6.54 Å². The monoisotopic (exact) mass is 289 g/mol. The average Bonchev–Trinajstić information content (AvgIpc) is 2.46. The molecule has 1 unspecified atom stereocenters. The molecule has 1 aromatic carbocycles. The summed E-state index contributed by atoms with van der Waals surface area (Å²) >= 11 is 0. The highest BCUT2D eigenvalue weighted by atomic mass is 16.3. The van der Waals surface area contributed by atoms with Gasteiger partial charge in [0.1, 0.15) is 0 Å². The Morgan fingerprint density at radius 2 is 1.71 bits per heavy atom. The molecule has 0 radical (unpaired) electrons. The van der Waals surface area contributed by atoms with Crippen LogP contribution in [0.4, 0.5) is 0 Å². The predicted molar refractivity (Wildman–Crippen MR) is 89.2 cm³/mol. The number of rotatable bonds is 4. The average molecular weight is 289 g/mol. The van der Waals surface area contributed by atoms with Crippen molar-refractivity contribution in [2.45, 2.75) is 59.5 Å². The number of aryl methyl sites for hydroxylation is 2. The van der Waals surface area contributed by atoms with Gasteiger partial charge in [-0.25, -0.2) is 0 Å². The van der Waals surface area contributed by atoms with Gasteiger partial charge in [0.25, 0.3) is 0 Å². The largest absolute Gasteiger partial charge is 0.388 e. The molecular weight excluding hydrogens is 258 g/mol. The van der Waals surface area contributed by atoms with Crippen LogP contribution in [0.2, 0.25) is 0 Å². The molecular formula is C19H31NO. The van der Waals surface area contributed by atoms with Gasteiger partial charge in [0.2, 0.25) is 0 Å². The molecule has 1 fully saturated rings. The van der Waals surface area contributed by atoms with Crippen molar-refractivity contribution in [2.75, 3.05) is 6.54 Å². The third-order valence-electron chi connectivity index (χ3n) is 5.77. The summed E-state index contributed by atoms with van der Waals surface area (Å²) in [5, 5.41) is 11.1. The van der Waals surface area contributed by atoms with Crippen molar-refractivity contribution >= 4 is 0 Å². The summed E-state index contributed by atoms with van der Waals surface area (Å²) in [6.07, 6.45) is 4.04. The summed E-state index contributed by atoms with van der Waals surface area (Å²) < 4.78 is 0. The molecule has 1 aliphatic rings. The van der Waals surface area contributed by atoms with E-state index in [-0.39, 0.29) is 5.41 Å². The van der Waals surface area contributed by atoms with Crippen molar-refractivity contribution in [1.29, 1.82) is 0 Å². The second kappa shape index (κ2) is 6.50. The summed E-state index contributed by atoms with van der Waals surface area (Å²) in [7, 11) is 0. The number of hydrogen-bond donors (Lipinski definition) is 2. The molecule has 0 heterocycles. The van der Waals surface area contributed by atoms with Gasteiger partial charge in [0, 0.05) is 12.0 Å². The second-order valence-corrected chi connectivity index (χ2v) is 7.36. The van der Waals surface area contributed by atoms with Crippen LogP contribution < -0.4 is 5.73 Å². The van der Waals surface area contributed by atoms with E-state index >= 15 is 0 Å². The first kappa shape index (κ1) is 16.5. The maximum absolute atomic E-state index is 11.1. The molecule has 1 aliphatic carbocycles. The Labute approximate surface area is 129 Å². The minimum atomic E-state index is -0.434. The summed E-state index contributed by atoms with van der Waals surface area (Å²) in [5.41, 5.74) is 9.47. The van der Waals surface area contributed by atoms with Crippen molar-refractivity contribution in [3.63, 3.8) is 0 Å². The van der Waals surface area contributed by atoms with Crippen LogP contribution in [0.15, 0.2) is 18.2 Å². The van der Waals surface area contributed by atoms with Gasteiger partial charge in [-0.05, 0) is 68.1 Å². The van der Waals surface area contributed by atoms with Crippen LogP contribution >= 0.6 is 0 Å². The Hall–Kier alpha value is -0.860. The minimum absolute atomic E-state index is 0.137. The molecule has 1 atom stereocenters. The lowest BCUT2D eigenvalue weighted by Gasteiger charge is -2.44. The second-order valence-electron chi connectivity index (χ2n) is 7.36. The van der Waals surface area contributed by atoms with Crippen molar-refractivity contribution in [1.82, 2.24) is 0 Å². The summed E-state index contributed by atoms with van der Waals surface area (Å²) in [6.45, 7) is 9.38. The van der Waals surface area contributed by atoms with Crippen LogP contribution in [0.25, 0.3) is 0 Å². The predicted octanol–water partition coefficient (Wildman–Crippen LogP) is 4.13. The first-order valence-electron chi connectivity index (χ1n) is 8.35. The van der Waals surface area contributed by atoms with Gasteiger partial charge in [-0.1, -0.05) is 32.0 Å². The zero-order valence-corrected chi connectivity index (χ0v) is 14.0. The van der Waals surface area contributed by atoms with Gasteiger partial charge in [0.15, 0.2) is 0 Å². The number of aliphatic hydroxyl groups excluding tert-OH is 1. The topological polar surface area (TPSA) is 46.2 Å². The lowest BCUT2D eigenvalue weighted by atomic mass is 9.63. The standard InChI is InChI=1S/C19H31NO/c1-13(2)16-8-10-19(12-20,11-9-16)18(21)17-14(3)6-5-7-15(17)4/h5-7,13,16,18,21H,8-12,20H2,1-4H3. The fourth-order valence-corrected chi connectivity index (χ4v) is 4.04. The minimum Gasteiger partial charge on any atom is -0.388 e. The molecule has 3 N–H and O–H groups in total. The molecule has 0 aromatic heterocycles. The summed E-state index contributed by atoms with van der Waals surface area (Å²) in [4.78, 5) is 0. The van der Waals surface area contributed by atoms with Gasteiger partial charge >= 0.3 is 0 Å². The van der Waals surface area contributed by atoms with Crippen LogP contribution in [0, 0.1) is 31.1 Å². The molecule has 118 valence electrons. The van der Waals surface area contributed by atoms with Gasteiger partial charge in [-0.3, -0.25) is 0 Å². The van der Waals surface area contributed by atoms with Gasteiger partial charge in [0.05, 0.1) is 6.10 Å². The van der Waals surface area contributed by atoms with Crippen LogP contribution in [0.1, 0.15) is 62.3 Å². The zero-order chi connectivity index (χ0) is 15.6. The first-order valence-corrected chi connectivity index (χ1v) is 8.35. The zero-order valence-electron chi connectivity index (χ0n) is 14.0. The normalized spacial score (nSPS) is 27.9. The fraction of sp³-hybridized carbons (Fsp3) is 0.684. The van der Waals surface area contributed by atoms with Crippen molar-refractivity contribution in [3.8, 4) is 0 Å². The number of hydrogen-bond acceptors (Lipinski definition) is 2. The summed E-state index contributed by atoms with van der Waals surface area (Å²) in [5.74, 6) is 1.52. The van der Waals surface area contributed by atoms with Crippen LogP contribution in [-0.2, 0) is 0 Å². The molecule has 2 nitrogen and oxygen atoms in total. The van der Waals surface area contributed by atoms with Crippen molar-refractivity contribution < 1.29 is 5.11 Å². The van der Waals surface area contributed by atoms with E-state index in [2.05, 4.69) is 45.9 Å². The molecule has 0 spiro atoms. The van der Waals surface area contributed by atoms with E-state index in [9.17, 15) is 5.11 Å². The molecule has 1 aromatic rings. The molecule has 0 amide bonds. The maximum atomic E-state index is 11.1. The Balaban J connectivity index is 2.25. The van der Waals surface area contributed by atoms with Crippen molar-refractivity contribution in [3.05, 3.63) is 34.9 Å². The molecule has 21 heavy (non-hydrogen) atoms. The van der Waals surface area contributed by atoms with Gasteiger partial charge in [-0.2, -0.15) is 0 Å². The number of aliphatic hydroxyl groups is 1. The van der Waals surface area contributed by atoms with Crippen LogP contribution in [-0.4, -0.2) is 11.7 Å². The Morgan fingerprint density at radius 1 is 1.19 bits per heavy atom. The maximum Gasteiger partial charge on any atom is 0.0863 e. The highest BCUT2D eigenvalue weighted by molar-refractivity contribution is 5.36. The van der Waals surface area contributed by atoms with Crippen LogP contribution in [0.3, 0.4) is 0 Å². The van der Waals surface area contributed by atoms with Crippen molar-refractivity contribution in [2.24, 2.45) is 23.0 Å². The molecule has 2 rings (SSSR count). The first-order chi connectivity index (χ1) is 9.91. The van der Waals surface area contributed by atoms with E-state index in [4.69, 9.17) is 5.73 Å². The smallest absolute Gasteiger partial charge is 0.0863 e. The van der Waals surface area contributed by atoms with Crippen LogP contribution in [0.5, 0.6) is 0 Å². The quantitative estimate of drug-likeness (QED) is 0.875. The number of benzene rings is 1. The highest BCUT2D eigenvalue weighted by Gasteiger charge is 2.42. The Morgan fingerprint density at radius 3 is 2.14 bits per heavy atom. The Bertz CT molecular complexity index is 452. The van der Waals surface area contributed by atoms with Gasteiger partial charge in [-0.15, -0.1) is 0 Å². The lowest BCUT2D eigenvalue weighted by Crippen LogP contribution is -2.41. The third kappa shape index (κ3) is 3.17. The van der Waals surface area contributed by atoms with E-state index in [1.807, 2.05) is 0 Å². The fourth-order valence-electron chi connectivity index (χ4n) is 4.04. The van der Waals surface area contributed by atoms with E-state index in [0.717, 1.165) is 30.2 Å². The van der Waals surface area contributed by atoms with E-state index < -0.39 is 6.10 Å².